The van der Waals surface area contributed by atoms with E-state index in [2.05, 4.69) is 34.5 Å². The first-order valence-corrected chi connectivity index (χ1v) is 13.8. The predicted molar refractivity (Wildman–Crippen MR) is 158 cm³/mol. The number of ether oxygens (including phenoxy) is 2. The molecule has 41 heavy (non-hydrogen) atoms. The lowest BCUT2D eigenvalue weighted by molar-refractivity contribution is 0.316. The lowest BCUT2D eigenvalue weighted by Crippen LogP contribution is -2.09. The lowest BCUT2D eigenvalue weighted by Gasteiger charge is -2.04. The van der Waals surface area contributed by atoms with Crippen LogP contribution in [0.3, 0.4) is 0 Å². The van der Waals surface area contributed by atoms with E-state index in [1.165, 1.54) is 11.1 Å². The van der Waals surface area contributed by atoms with E-state index in [1.807, 2.05) is 78.9 Å². The topological polar surface area (TPSA) is 97.6 Å². The van der Waals surface area contributed by atoms with Crippen molar-refractivity contribution < 1.29 is 9.47 Å². The summed E-state index contributed by atoms with van der Waals surface area (Å²) in [4.78, 5) is 19.2. The zero-order chi connectivity index (χ0) is 27.4. The van der Waals surface area contributed by atoms with Crippen molar-refractivity contribution in [2.75, 3.05) is 13.2 Å². The maximum atomic E-state index is 5.92. The number of pyridine rings is 2. The Morgan fingerprint density at radius 2 is 1.07 bits per heavy atom. The minimum absolute atomic E-state index is 0.0789. The summed E-state index contributed by atoms with van der Waals surface area (Å²) in [6, 6.07) is 34.4. The van der Waals surface area contributed by atoms with Crippen molar-refractivity contribution in [1.82, 2.24) is 20.2 Å². The van der Waals surface area contributed by atoms with E-state index in [0.29, 0.717) is 42.1 Å². The molecule has 1 N–H and O–H groups in total. The van der Waals surface area contributed by atoms with Crippen LogP contribution >= 0.6 is 0 Å². The van der Waals surface area contributed by atoms with Gasteiger partial charge in [-0.15, -0.1) is 0 Å². The Kier molecular flexibility index (Phi) is 6.78. The zero-order valence-electron chi connectivity index (χ0n) is 22.4. The van der Waals surface area contributed by atoms with Crippen molar-refractivity contribution in [2.45, 2.75) is 24.9 Å². The van der Waals surface area contributed by atoms with Crippen molar-refractivity contribution >= 4 is 11.8 Å². The molecule has 0 unspecified atom stereocenters. The smallest absolute Gasteiger partial charge is 0.235 e. The number of aromatic nitrogens is 4. The van der Waals surface area contributed by atoms with Gasteiger partial charge in [0.25, 0.3) is 0 Å². The molecule has 2 aromatic carbocycles. The van der Waals surface area contributed by atoms with E-state index in [1.54, 1.807) is 0 Å². The zero-order valence-corrected chi connectivity index (χ0v) is 22.4. The Morgan fingerprint density at radius 1 is 0.561 bits per heavy atom. The molecule has 8 nitrogen and oxygen atoms in total. The number of nitrogens with one attached hydrogen (secondary N) is 1. The molecular formula is C33H28N6O2. The second-order valence-electron chi connectivity index (χ2n) is 10.2. The van der Waals surface area contributed by atoms with Crippen LogP contribution in [0, 0.1) is 0 Å². The van der Waals surface area contributed by atoms with Crippen LogP contribution in [0.4, 0.5) is 0 Å². The fraction of sp³-hybridized carbons (Fsp3) is 0.182. The monoisotopic (exact) mass is 540 g/mol. The molecule has 0 saturated carbocycles. The first-order valence-electron chi connectivity index (χ1n) is 13.8. The van der Waals surface area contributed by atoms with E-state index in [-0.39, 0.29) is 12.1 Å². The standard InChI is InChI=1S/C33H28N6O2/c1-3-9-22(10-4-1)17-24-20-40-32(34-24)28-15-7-13-26(36-28)30-19-31(39-38-30)27-14-8-16-29(37-27)33-35-25(21-41-33)18-23-11-5-2-6-12-23/h1-16,19,24-25H,17-18,20-21H2,(H,38,39)/t24-,25-/m0/s1. The molecule has 5 heterocycles. The Hall–Kier alpha value is -5.11. The van der Waals surface area contributed by atoms with E-state index >= 15 is 0 Å². The molecule has 0 spiro atoms. The van der Waals surface area contributed by atoms with Gasteiger partial charge in [0.2, 0.25) is 11.8 Å². The summed E-state index contributed by atoms with van der Waals surface area (Å²) in [5, 5.41) is 7.63. The number of benzene rings is 2. The summed E-state index contributed by atoms with van der Waals surface area (Å²) in [5.41, 5.74) is 6.87. The predicted octanol–water partition coefficient (Wildman–Crippen LogP) is 5.31. The Bertz CT molecular complexity index is 1590. The van der Waals surface area contributed by atoms with Gasteiger partial charge in [0.1, 0.15) is 30.3 Å². The number of nitrogens with zero attached hydrogens (tertiary/aromatic N) is 5. The van der Waals surface area contributed by atoms with Gasteiger partial charge in [-0.1, -0.05) is 72.8 Å². The molecule has 0 aliphatic carbocycles. The molecule has 8 heteroatoms. The summed E-state index contributed by atoms with van der Waals surface area (Å²) < 4.78 is 11.8. The van der Waals surface area contributed by atoms with Crippen LogP contribution in [0.2, 0.25) is 0 Å². The summed E-state index contributed by atoms with van der Waals surface area (Å²) in [6.45, 7) is 1.10. The third-order valence-electron chi connectivity index (χ3n) is 7.11. The van der Waals surface area contributed by atoms with E-state index in [4.69, 9.17) is 29.4 Å². The van der Waals surface area contributed by atoms with Crippen molar-refractivity contribution in [2.24, 2.45) is 9.98 Å². The molecule has 7 rings (SSSR count). The Balaban J connectivity index is 1.06. The molecule has 2 aliphatic rings. The van der Waals surface area contributed by atoms with Gasteiger partial charge in [0.05, 0.1) is 29.2 Å². The highest BCUT2D eigenvalue weighted by atomic mass is 16.5. The summed E-state index contributed by atoms with van der Waals surface area (Å²) in [6.07, 6.45) is 1.68. The highest BCUT2D eigenvalue weighted by Gasteiger charge is 2.23. The second kappa shape index (κ2) is 11.2. The molecule has 2 atom stereocenters. The van der Waals surface area contributed by atoms with E-state index in [0.717, 1.165) is 29.9 Å². The van der Waals surface area contributed by atoms with Crippen molar-refractivity contribution in [3.05, 3.63) is 126 Å². The van der Waals surface area contributed by atoms with E-state index < -0.39 is 0 Å². The van der Waals surface area contributed by atoms with Crippen LogP contribution in [-0.2, 0) is 22.3 Å². The lowest BCUT2D eigenvalue weighted by atomic mass is 10.1. The van der Waals surface area contributed by atoms with Crippen LogP contribution in [-0.4, -0.2) is 57.3 Å². The van der Waals surface area contributed by atoms with Gasteiger partial charge in [0.15, 0.2) is 0 Å². The summed E-state index contributed by atoms with van der Waals surface area (Å²) in [5.74, 6) is 1.14. The number of H-pyrrole nitrogens is 1. The van der Waals surface area contributed by atoms with Gasteiger partial charge in [-0.05, 0) is 54.3 Å². The maximum absolute atomic E-state index is 5.92. The highest BCUT2D eigenvalue weighted by molar-refractivity contribution is 5.94. The molecular weight excluding hydrogens is 512 g/mol. The van der Waals surface area contributed by atoms with Crippen molar-refractivity contribution in [3.8, 4) is 22.8 Å². The SMILES string of the molecule is c1ccc(C[C@H]2COC(c3cccc(-c4cc(-c5cccc(C6=N[C@@H](Cc7ccccc7)CO6)n5)[nH]n4)n3)=N2)cc1. The van der Waals surface area contributed by atoms with E-state index in [9.17, 15) is 0 Å². The number of aromatic amines is 1. The number of rotatable bonds is 8. The molecule has 0 amide bonds. The van der Waals surface area contributed by atoms with Gasteiger partial charge in [-0.3, -0.25) is 5.10 Å². The summed E-state index contributed by atoms with van der Waals surface area (Å²) in [7, 11) is 0. The molecule has 5 aromatic rings. The third-order valence-corrected chi connectivity index (χ3v) is 7.11. The van der Waals surface area contributed by atoms with Gasteiger partial charge >= 0.3 is 0 Å². The third kappa shape index (κ3) is 5.63. The van der Waals surface area contributed by atoms with Crippen LogP contribution in [0.25, 0.3) is 22.8 Å². The maximum Gasteiger partial charge on any atom is 0.235 e. The molecule has 2 aliphatic heterocycles. The van der Waals surface area contributed by atoms with Gasteiger partial charge < -0.3 is 9.47 Å². The first-order chi connectivity index (χ1) is 20.3. The fourth-order valence-electron chi connectivity index (χ4n) is 5.08. The minimum atomic E-state index is 0.0789. The first kappa shape index (κ1) is 24.9. The highest BCUT2D eigenvalue weighted by Crippen LogP contribution is 2.24. The quantitative estimate of drug-likeness (QED) is 0.288. The van der Waals surface area contributed by atoms with Crippen molar-refractivity contribution in [1.29, 1.82) is 0 Å². The second-order valence-corrected chi connectivity index (χ2v) is 10.2. The number of aliphatic imine (C=N–C) groups is 2. The largest absolute Gasteiger partial charge is 0.474 e. The average Bonchev–Trinajstić information content (AvgIpc) is 3.80. The van der Waals surface area contributed by atoms with Crippen LogP contribution in [0.5, 0.6) is 0 Å². The Labute approximate surface area is 237 Å². The van der Waals surface area contributed by atoms with Crippen LogP contribution < -0.4 is 0 Å². The normalized spacial score (nSPS) is 18.0. The van der Waals surface area contributed by atoms with Gasteiger partial charge in [-0.25, -0.2) is 20.0 Å². The van der Waals surface area contributed by atoms with Crippen LogP contribution in [0.15, 0.2) is 113 Å². The fourth-order valence-corrected chi connectivity index (χ4v) is 5.08. The number of hydrogen-bond acceptors (Lipinski definition) is 7. The van der Waals surface area contributed by atoms with Crippen LogP contribution in [0.1, 0.15) is 22.5 Å². The molecule has 0 radical (unpaired) electrons. The molecule has 3 aromatic heterocycles. The molecule has 0 bridgehead atoms. The molecule has 202 valence electrons. The number of hydrogen-bond donors (Lipinski definition) is 1. The summed E-state index contributed by atoms with van der Waals surface area (Å²) >= 11 is 0. The Morgan fingerprint density at radius 3 is 1.66 bits per heavy atom. The van der Waals surface area contributed by atoms with Crippen molar-refractivity contribution in [3.63, 3.8) is 0 Å². The minimum Gasteiger partial charge on any atom is -0.474 e. The molecule has 0 fully saturated rings. The van der Waals surface area contributed by atoms with Gasteiger partial charge in [0, 0.05) is 0 Å². The average molecular weight is 541 g/mol. The van der Waals surface area contributed by atoms with Gasteiger partial charge in [-0.2, -0.15) is 5.10 Å². The molecule has 0 saturated heterocycles.